The third kappa shape index (κ3) is 4.44. The van der Waals surface area contributed by atoms with Crippen molar-refractivity contribution in [2.24, 2.45) is 4.99 Å². The molecule has 174 valence electrons. The van der Waals surface area contributed by atoms with Gasteiger partial charge in [0.1, 0.15) is 0 Å². The van der Waals surface area contributed by atoms with Crippen molar-refractivity contribution in [2.45, 2.75) is 62.8 Å². The molecule has 0 bridgehead atoms. The van der Waals surface area contributed by atoms with Gasteiger partial charge in [-0.25, -0.2) is 0 Å². The van der Waals surface area contributed by atoms with Crippen molar-refractivity contribution in [3.05, 3.63) is 58.7 Å². The zero-order valence-electron chi connectivity index (χ0n) is 18.3. The van der Waals surface area contributed by atoms with Gasteiger partial charge in [-0.15, -0.1) is 0 Å². The molecule has 33 heavy (non-hydrogen) atoms. The van der Waals surface area contributed by atoms with Crippen molar-refractivity contribution in [3.8, 4) is 11.5 Å². The summed E-state index contributed by atoms with van der Waals surface area (Å²) in [5.41, 5.74) is 3.71. The van der Waals surface area contributed by atoms with Crippen LogP contribution in [-0.2, 0) is 0 Å². The van der Waals surface area contributed by atoms with E-state index in [4.69, 9.17) is 14.5 Å². The Kier molecular flexibility index (Phi) is 5.78. The molecule has 2 N–H and O–H groups in total. The molecule has 8 heteroatoms. The lowest BCUT2D eigenvalue weighted by molar-refractivity contribution is -0.0513. The molecule has 0 unspecified atom stereocenters. The van der Waals surface area contributed by atoms with E-state index in [1.807, 2.05) is 12.1 Å². The molecular formula is C25H26F2N2O4. The highest BCUT2D eigenvalue weighted by Crippen LogP contribution is 2.45. The van der Waals surface area contributed by atoms with Crippen LogP contribution in [-0.4, -0.2) is 48.6 Å². The van der Waals surface area contributed by atoms with Gasteiger partial charge in [0.15, 0.2) is 11.5 Å². The van der Waals surface area contributed by atoms with Crippen LogP contribution in [0.3, 0.4) is 0 Å². The number of nitrogens with one attached hydrogen (secondary N) is 1. The van der Waals surface area contributed by atoms with E-state index < -0.39 is 12.7 Å². The number of aliphatic hydroxyl groups is 1. The molecule has 2 saturated carbocycles. The minimum absolute atomic E-state index is 0.0293. The Balaban J connectivity index is 1.54. The molecule has 5 rings (SSSR count). The van der Waals surface area contributed by atoms with Gasteiger partial charge in [0.25, 0.3) is 5.91 Å². The number of ether oxygens (including phenoxy) is 2. The second-order valence-electron chi connectivity index (χ2n) is 8.91. The zero-order chi connectivity index (χ0) is 23.1. The summed E-state index contributed by atoms with van der Waals surface area (Å²) in [6, 6.07) is 10.8. The quantitative estimate of drug-likeness (QED) is 0.688. The number of nitrogens with zero attached hydrogens (tertiary/aromatic N) is 1. The molecule has 3 aliphatic rings. The van der Waals surface area contributed by atoms with E-state index in [0.29, 0.717) is 24.8 Å². The second-order valence-corrected chi connectivity index (χ2v) is 8.91. The standard InChI is InChI=1S/C25H26F2N2O4/c1-32-21-12-19-17(11-22(21)33-25(26)27)18-10-16(30)8-9-20(18)29-23(19)13-2-4-14(5-3-13)24(31)28-15-6-7-15/h2-5,11-12,15-16,18,20,25,30H,6-10H2,1H3,(H,28,31)/t16-,18-,20-/m1/s1. The number of aliphatic imine (C=N–C) groups is 1. The fourth-order valence-corrected chi connectivity index (χ4v) is 4.80. The van der Waals surface area contributed by atoms with Gasteiger partial charge in [0.2, 0.25) is 0 Å². The monoisotopic (exact) mass is 456 g/mol. The average molecular weight is 456 g/mol. The van der Waals surface area contributed by atoms with Crippen molar-refractivity contribution in [1.82, 2.24) is 5.32 Å². The van der Waals surface area contributed by atoms with Crippen molar-refractivity contribution in [2.75, 3.05) is 7.11 Å². The largest absolute Gasteiger partial charge is 0.493 e. The SMILES string of the molecule is COc1cc2c(cc1OC(F)F)[C@H]1C[C@H](O)CC[C@H]1N=C2c1ccc(C(=O)NC2CC2)cc1. The molecular weight excluding hydrogens is 430 g/mol. The number of carbonyl (C=O) groups excluding carboxylic acids is 1. The Bertz CT molecular complexity index is 1080. The van der Waals surface area contributed by atoms with Crippen LogP contribution >= 0.6 is 0 Å². The molecule has 1 aliphatic heterocycles. The van der Waals surface area contributed by atoms with E-state index in [1.54, 1.807) is 24.3 Å². The van der Waals surface area contributed by atoms with E-state index in [-0.39, 0.29) is 35.4 Å². The molecule has 0 saturated heterocycles. The second kappa shape index (κ2) is 8.74. The summed E-state index contributed by atoms with van der Waals surface area (Å²) in [5.74, 6) is -0.0238. The number of halogens is 2. The first kappa shape index (κ1) is 21.8. The molecule has 2 aromatic rings. The topological polar surface area (TPSA) is 80.2 Å². The van der Waals surface area contributed by atoms with Crippen molar-refractivity contribution in [3.63, 3.8) is 0 Å². The summed E-state index contributed by atoms with van der Waals surface area (Å²) in [4.78, 5) is 17.4. The van der Waals surface area contributed by atoms with Gasteiger partial charge in [-0.1, -0.05) is 12.1 Å². The Morgan fingerprint density at radius 3 is 2.55 bits per heavy atom. The summed E-state index contributed by atoms with van der Waals surface area (Å²) in [6.45, 7) is -2.98. The number of methoxy groups -OCH3 is 1. The summed E-state index contributed by atoms with van der Waals surface area (Å²) in [7, 11) is 1.40. The van der Waals surface area contributed by atoms with Crippen LogP contribution in [0.25, 0.3) is 0 Å². The first-order chi connectivity index (χ1) is 15.9. The molecule has 3 atom stereocenters. The van der Waals surface area contributed by atoms with Crippen LogP contribution in [0.4, 0.5) is 8.78 Å². The lowest BCUT2D eigenvalue weighted by atomic mass is 9.74. The molecule has 0 aromatic heterocycles. The van der Waals surface area contributed by atoms with Crippen LogP contribution in [0.15, 0.2) is 41.4 Å². The van der Waals surface area contributed by atoms with Gasteiger partial charge < -0.3 is 19.9 Å². The first-order valence-corrected chi connectivity index (χ1v) is 11.3. The van der Waals surface area contributed by atoms with E-state index in [9.17, 15) is 18.7 Å². The number of benzene rings is 2. The molecule has 2 fully saturated rings. The summed E-state index contributed by atoms with van der Waals surface area (Å²) < 4.78 is 36.1. The minimum atomic E-state index is -2.98. The van der Waals surface area contributed by atoms with Gasteiger partial charge in [-0.05, 0) is 61.9 Å². The summed E-state index contributed by atoms with van der Waals surface area (Å²) >= 11 is 0. The van der Waals surface area contributed by atoms with Crippen LogP contribution in [0.1, 0.15) is 65.1 Å². The zero-order valence-corrected chi connectivity index (χ0v) is 18.3. The minimum Gasteiger partial charge on any atom is -0.493 e. The molecule has 2 aliphatic carbocycles. The summed E-state index contributed by atoms with van der Waals surface area (Å²) in [5, 5.41) is 13.2. The predicted molar refractivity (Wildman–Crippen MR) is 119 cm³/mol. The Morgan fingerprint density at radius 2 is 1.88 bits per heavy atom. The lowest BCUT2D eigenvalue weighted by Crippen LogP contribution is -2.34. The fraction of sp³-hybridized carbons (Fsp3) is 0.440. The molecule has 0 spiro atoms. The Morgan fingerprint density at radius 1 is 1.12 bits per heavy atom. The van der Waals surface area contributed by atoms with Crippen LogP contribution in [0.5, 0.6) is 11.5 Å². The number of aliphatic hydroxyl groups excluding tert-OH is 1. The number of hydrogen-bond acceptors (Lipinski definition) is 5. The number of amides is 1. The maximum absolute atomic E-state index is 13.0. The van der Waals surface area contributed by atoms with Crippen LogP contribution in [0, 0.1) is 0 Å². The van der Waals surface area contributed by atoms with Crippen molar-refractivity contribution in [1.29, 1.82) is 0 Å². The summed E-state index contributed by atoms with van der Waals surface area (Å²) in [6.07, 6.45) is 3.44. The van der Waals surface area contributed by atoms with Gasteiger partial charge in [0.05, 0.1) is 25.0 Å². The van der Waals surface area contributed by atoms with E-state index in [2.05, 4.69) is 5.32 Å². The number of rotatable bonds is 6. The fourth-order valence-electron chi connectivity index (χ4n) is 4.80. The number of fused-ring (bicyclic) bond motifs is 3. The Hall–Kier alpha value is -3.00. The highest BCUT2D eigenvalue weighted by molar-refractivity contribution is 6.15. The molecule has 6 nitrogen and oxygen atoms in total. The number of hydrogen-bond donors (Lipinski definition) is 2. The maximum Gasteiger partial charge on any atom is 0.387 e. The third-order valence-electron chi connectivity index (χ3n) is 6.62. The molecule has 0 radical (unpaired) electrons. The first-order valence-electron chi connectivity index (χ1n) is 11.3. The third-order valence-corrected chi connectivity index (χ3v) is 6.62. The highest BCUT2D eigenvalue weighted by atomic mass is 19.3. The van der Waals surface area contributed by atoms with Gasteiger partial charge in [-0.3, -0.25) is 9.79 Å². The average Bonchev–Trinajstić information content (AvgIpc) is 3.62. The molecule has 1 heterocycles. The van der Waals surface area contributed by atoms with Crippen molar-refractivity contribution >= 4 is 11.6 Å². The predicted octanol–water partition coefficient (Wildman–Crippen LogP) is 4.04. The molecule has 1 amide bonds. The van der Waals surface area contributed by atoms with E-state index >= 15 is 0 Å². The van der Waals surface area contributed by atoms with Crippen LogP contribution < -0.4 is 14.8 Å². The van der Waals surface area contributed by atoms with Crippen LogP contribution in [0.2, 0.25) is 0 Å². The normalized spacial score (nSPS) is 23.9. The smallest absolute Gasteiger partial charge is 0.387 e. The van der Waals surface area contributed by atoms with Gasteiger partial charge in [-0.2, -0.15) is 8.78 Å². The molecule has 2 aromatic carbocycles. The number of alkyl halides is 2. The lowest BCUT2D eigenvalue weighted by Gasteiger charge is -2.37. The van der Waals surface area contributed by atoms with Gasteiger partial charge >= 0.3 is 6.61 Å². The van der Waals surface area contributed by atoms with E-state index in [0.717, 1.165) is 35.2 Å². The maximum atomic E-state index is 13.0. The van der Waals surface area contributed by atoms with Crippen molar-refractivity contribution < 1.29 is 28.2 Å². The Labute approximate surface area is 190 Å². The highest BCUT2D eigenvalue weighted by Gasteiger charge is 2.37. The van der Waals surface area contributed by atoms with Gasteiger partial charge in [0, 0.05) is 28.7 Å². The number of carbonyl (C=O) groups is 1. The van der Waals surface area contributed by atoms with E-state index in [1.165, 1.54) is 7.11 Å².